The Balaban J connectivity index is 1.63. The number of non-ortho nitro benzene ring substituents is 1. The van der Waals surface area contributed by atoms with Gasteiger partial charge in [0, 0.05) is 17.7 Å². The number of benzene rings is 3. The van der Waals surface area contributed by atoms with Gasteiger partial charge in [0.25, 0.3) is 11.6 Å². The number of amides is 2. The van der Waals surface area contributed by atoms with Gasteiger partial charge in [0.2, 0.25) is 5.91 Å². The van der Waals surface area contributed by atoms with Crippen LogP contribution in [-0.4, -0.2) is 23.3 Å². The zero-order valence-electron chi connectivity index (χ0n) is 15.5. The van der Waals surface area contributed by atoms with Crippen LogP contribution in [0.3, 0.4) is 0 Å². The fourth-order valence-electron chi connectivity index (χ4n) is 2.52. The molecule has 3 rings (SSSR count). The van der Waals surface area contributed by atoms with E-state index in [2.05, 4.69) is 10.6 Å². The molecule has 3 aromatic rings. The summed E-state index contributed by atoms with van der Waals surface area (Å²) in [6.45, 7) is -0.331. The standard InChI is InChI=1S/C21H16ClN3O5/c22-16-8-1-3-10-18(16)30-19-11-4-2-9-17(19)24-20(26)13-23-21(27)14-6-5-7-15(12-14)25(28)29/h1-12H,13H2,(H,23,27)(H,24,26). The highest BCUT2D eigenvalue weighted by atomic mass is 35.5. The van der Waals surface area contributed by atoms with Crippen LogP contribution in [0.5, 0.6) is 11.5 Å². The molecule has 0 aliphatic rings. The Bertz CT molecular complexity index is 1100. The SMILES string of the molecule is O=C(CNC(=O)c1cccc([N+](=O)[O-])c1)Nc1ccccc1Oc1ccccc1Cl. The quantitative estimate of drug-likeness (QED) is 0.430. The lowest BCUT2D eigenvalue weighted by Crippen LogP contribution is -2.32. The number of halogens is 1. The lowest BCUT2D eigenvalue weighted by Gasteiger charge is -2.13. The summed E-state index contributed by atoms with van der Waals surface area (Å²) in [6.07, 6.45) is 0. The molecule has 8 nitrogen and oxygen atoms in total. The number of ether oxygens (including phenoxy) is 1. The summed E-state index contributed by atoms with van der Waals surface area (Å²) < 4.78 is 5.77. The molecule has 0 aromatic heterocycles. The molecule has 2 N–H and O–H groups in total. The molecule has 2 amide bonds. The first-order valence-corrected chi connectivity index (χ1v) is 9.16. The fraction of sp³-hybridized carbons (Fsp3) is 0.0476. The Morgan fingerprint density at radius 1 is 0.967 bits per heavy atom. The van der Waals surface area contributed by atoms with Crippen LogP contribution in [0.1, 0.15) is 10.4 Å². The van der Waals surface area contributed by atoms with E-state index in [1.165, 1.54) is 18.2 Å². The molecule has 0 fully saturated rings. The molecule has 0 unspecified atom stereocenters. The number of nitrogens with one attached hydrogen (secondary N) is 2. The van der Waals surface area contributed by atoms with Crippen molar-refractivity contribution < 1.29 is 19.2 Å². The predicted molar refractivity (Wildman–Crippen MR) is 112 cm³/mol. The number of nitrogens with zero attached hydrogens (tertiary/aromatic N) is 1. The van der Waals surface area contributed by atoms with Gasteiger partial charge in [-0.25, -0.2) is 0 Å². The maximum atomic E-state index is 12.3. The molecule has 0 atom stereocenters. The average Bonchev–Trinajstić information content (AvgIpc) is 2.75. The number of para-hydroxylation sites is 3. The molecule has 0 aliphatic heterocycles. The Morgan fingerprint density at radius 3 is 2.40 bits per heavy atom. The first-order valence-electron chi connectivity index (χ1n) is 8.78. The Kier molecular flexibility index (Phi) is 6.61. The molecule has 0 saturated heterocycles. The van der Waals surface area contributed by atoms with E-state index in [0.29, 0.717) is 22.2 Å². The number of carbonyl (C=O) groups is 2. The van der Waals surface area contributed by atoms with Gasteiger partial charge < -0.3 is 15.4 Å². The largest absolute Gasteiger partial charge is 0.454 e. The number of hydrogen-bond donors (Lipinski definition) is 2. The van der Waals surface area contributed by atoms with Crippen LogP contribution in [0.15, 0.2) is 72.8 Å². The zero-order chi connectivity index (χ0) is 21.5. The molecule has 0 spiro atoms. The van der Waals surface area contributed by atoms with E-state index < -0.39 is 16.7 Å². The van der Waals surface area contributed by atoms with E-state index >= 15 is 0 Å². The van der Waals surface area contributed by atoms with Gasteiger partial charge in [0.05, 0.1) is 22.2 Å². The van der Waals surface area contributed by atoms with E-state index in [4.69, 9.17) is 16.3 Å². The number of rotatable bonds is 7. The van der Waals surface area contributed by atoms with Gasteiger partial charge in [-0.15, -0.1) is 0 Å². The van der Waals surface area contributed by atoms with E-state index in [0.717, 1.165) is 6.07 Å². The van der Waals surface area contributed by atoms with E-state index in [1.54, 1.807) is 48.5 Å². The van der Waals surface area contributed by atoms with Crippen molar-refractivity contribution in [2.45, 2.75) is 0 Å². The molecule has 30 heavy (non-hydrogen) atoms. The van der Waals surface area contributed by atoms with Gasteiger partial charge in [0.1, 0.15) is 5.75 Å². The molecule has 0 bridgehead atoms. The molecule has 3 aromatic carbocycles. The summed E-state index contributed by atoms with van der Waals surface area (Å²) in [5.74, 6) is -0.290. The Hall–Kier alpha value is -3.91. The Morgan fingerprint density at radius 2 is 1.67 bits per heavy atom. The second-order valence-corrected chi connectivity index (χ2v) is 6.47. The van der Waals surface area contributed by atoms with Crippen molar-refractivity contribution in [2.75, 3.05) is 11.9 Å². The van der Waals surface area contributed by atoms with Gasteiger partial charge in [-0.2, -0.15) is 0 Å². The minimum absolute atomic E-state index is 0.0828. The van der Waals surface area contributed by atoms with Crippen LogP contribution in [0.4, 0.5) is 11.4 Å². The van der Waals surface area contributed by atoms with Crippen molar-refractivity contribution in [3.63, 3.8) is 0 Å². The number of carbonyl (C=O) groups excluding carboxylic acids is 2. The van der Waals surface area contributed by atoms with Crippen LogP contribution in [0.2, 0.25) is 5.02 Å². The van der Waals surface area contributed by atoms with Crippen LogP contribution in [0.25, 0.3) is 0 Å². The molecular formula is C21H16ClN3O5. The zero-order valence-corrected chi connectivity index (χ0v) is 16.3. The van der Waals surface area contributed by atoms with Crippen molar-refractivity contribution in [3.05, 3.63) is 93.5 Å². The number of hydrogen-bond acceptors (Lipinski definition) is 5. The highest BCUT2D eigenvalue weighted by Crippen LogP contribution is 2.33. The third kappa shape index (κ3) is 5.33. The van der Waals surface area contributed by atoms with Crippen molar-refractivity contribution in [1.29, 1.82) is 0 Å². The average molecular weight is 426 g/mol. The summed E-state index contributed by atoms with van der Waals surface area (Å²) in [6, 6.07) is 18.9. The molecule has 9 heteroatoms. The van der Waals surface area contributed by atoms with Crippen LogP contribution in [-0.2, 0) is 4.79 Å². The smallest absolute Gasteiger partial charge is 0.270 e. The summed E-state index contributed by atoms with van der Waals surface area (Å²) in [4.78, 5) is 34.7. The monoisotopic (exact) mass is 425 g/mol. The molecule has 0 heterocycles. The topological polar surface area (TPSA) is 111 Å². The lowest BCUT2D eigenvalue weighted by molar-refractivity contribution is -0.384. The Labute approximate surface area is 176 Å². The summed E-state index contributed by atoms with van der Waals surface area (Å²) >= 11 is 6.10. The first-order chi connectivity index (χ1) is 14.4. The van der Waals surface area contributed by atoms with E-state index in [-0.39, 0.29) is 17.8 Å². The second kappa shape index (κ2) is 9.53. The fourth-order valence-corrected chi connectivity index (χ4v) is 2.70. The van der Waals surface area contributed by atoms with Crippen molar-refractivity contribution in [3.8, 4) is 11.5 Å². The number of nitro benzene ring substituents is 1. The second-order valence-electron chi connectivity index (χ2n) is 6.07. The highest BCUT2D eigenvalue weighted by Gasteiger charge is 2.14. The van der Waals surface area contributed by atoms with Crippen LogP contribution in [0, 0.1) is 10.1 Å². The lowest BCUT2D eigenvalue weighted by atomic mass is 10.2. The van der Waals surface area contributed by atoms with E-state index in [1.807, 2.05) is 0 Å². The van der Waals surface area contributed by atoms with Gasteiger partial charge in [-0.1, -0.05) is 41.9 Å². The summed E-state index contributed by atoms with van der Waals surface area (Å²) in [5, 5.41) is 16.3. The van der Waals surface area contributed by atoms with Gasteiger partial charge in [0.15, 0.2) is 5.75 Å². The maximum absolute atomic E-state index is 12.3. The minimum atomic E-state index is -0.602. The first kappa shape index (κ1) is 20.8. The molecular weight excluding hydrogens is 410 g/mol. The minimum Gasteiger partial charge on any atom is -0.454 e. The van der Waals surface area contributed by atoms with E-state index in [9.17, 15) is 19.7 Å². The molecule has 0 radical (unpaired) electrons. The summed E-state index contributed by atoms with van der Waals surface area (Å²) in [7, 11) is 0. The third-order valence-corrected chi connectivity index (χ3v) is 4.26. The highest BCUT2D eigenvalue weighted by molar-refractivity contribution is 6.32. The molecule has 152 valence electrons. The maximum Gasteiger partial charge on any atom is 0.270 e. The normalized spacial score (nSPS) is 10.2. The van der Waals surface area contributed by atoms with Gasteiger partial charge in [-0.05, 0) is 30.3 Å². The van der Waals surface area contributed by atoms with Crippen LogP contribution < -0.4 is 15.4 Å². The number of nitro groups is 1. The van der Waals surface area contributed by atoms with Crippen molar-refractivity contribution >= 4 is 34.8 Å². The molecule has 0 aliphatic carbocycles. The van der Waals surface area contributed by atoms with Gasteiger partial charge in [-0.3, -0.25) is 19.7 Å². The number of anilines is 1. The van der Waals surface area contributed by atoms with Crippen molar-refractivity contribution in [2.24, 2.45) is 0 Å². The predicted octanol–water partition coefficient (Wildman–Crippen LogP) is 4.41. The third-order valence-electron chi connectivity index (χ3n) is 3.95. The van der Waals surface area contributed by atoms with Gasteiger partial charge >= 0.3 is 0 Å². The summed E-state index contributed by atoms with van der Waals surface area (Å²) in [5.41, 5.74) is 0.268. The van der Waals surface area contributed by atoms with Crippen LogP contribution >= 0.6 is 11.6 Å². The molecule has 0 saturated carbocycles. The van der Waals surface area contributed by atoms with Crippen molar-refractivity contribution in [1.82, 2.24) is 5.32 Å².